The average Bonchev–Trinajstić information content (AvgIpc) is 3.68. The number of nitrogens with zero attached hydrogens (tertiary/aromatic N) is 5. The largest absolute Gasteiger partial charge is 0.457 e. The predicted molar refractivity (Wildman–Crippen MR) is 138 cm³/mol. The quantitative estimate of drug-likeness (QED) is 0.282. The topological polar surface area (TPSA) is 141 Å². The minimum atomic E-state index is -0.460. The van der Waals surface area contributed by atoms with Crippen molar-refractivity contribution in [3.8, 4) is 23.3 Å². The number of benzene rings is 2. The van der Waals surface area contributed by atoms with Gasteiger partial charge in [0, 0.05) is 12.6 Å². The molecular formula is C27H25N7O3. The van der Waals surface area contributed by atoms with Crippen molar-refractivity contribution in [2.24, 2.45) is 5.92 Å². The lowest BCUT2D eigenvalue weighted by atomic mass is 10.2. The number of rotatable bonds is 8. The summed E-state index contributed by atoms with van der Waals surface area (Å²) in [6.07, 6.45) is 4.98. The fraction of sp³-hybridized carbons (Fsp3) is 0.222. The Morgan fingerprint density at radius 1 is 1.19 bits per heavy atom. The number of nitriles is 1. The van der Waals surface area contributed by atoms with Gasteiger partial charge in [-0.15, -0.1) is 0 Å². The lowest BCUT2D eigenvalue weighted by Crippen LogP contribution is -2.39. The summed E-state index contributed by atoms with van der Waals surface area (Å²) in [5.41, 5.74) is 7.15. The first-order chi connectivity index (χ1) is 17.9. The van der Waals surface area contributed by atoms with Gasteiger partial charge in [0.25, 0.3) is 5.91 Å². The van der Waals surface area contributed by atoms with E-state index in [9.17, 15) is 14.9 Å². The fourth-order valence-electron chi connectivity index (χ4n) is 4.08. The zero-order chi connectivity index (χ0) is 25.9. The highest BCUT2D eigenvalue weighted by molar-refractivity contribution is 5.97. The number of carbonyl (C=O) groups is 1. The van der Waals surface area contributed by atoms with Crippen LogP contribution in [0.1, 0.15) is 19.8 Å². The lowest BCUT2D eigenvalue weighted by Gasteiger charge is -2.14. The predicted octanol–water partition coefficient (Wildman–Crippen LogP) is 3.32. The van der Waals surface area contributed by atoms with Gasteiger partial charge in [-0.25, -0.2) is 14.8 Å². The molecule has 0 spiro atoms. The summed E-state index contributed by atoms with van der Waals surface area (Å²) in [5.74, 6) is 1.30. The van der Waals surface area contributed by atoms with Crippen LogP contribution in [0.4, 0.5) is 5.82 Å². The van der Waals surface area contributed by atoms with Crippen molar-refractivity contribution < 1.29 is 9.53 Å². The Morgan fingerprint density at radius 3 is 2.57 bits per heavy atom. The number of nitrogens with one attached hydrogen (secondary N) is 1. The number of imidazole rings is 1. The standard InChI is InChI=1S/C27H25N7O3/c1-17(32-26(35)19(14-28)13-18-7-8-18)15-33-25-23(24(29)30-16-31-25)34(27(33)36)20-9-11-22(12-10-20)37-21-5-3-2-4-6-21/h2-6,9-13,16-18H,7-8,15H2,1H3,(H,32,35)(H2,29,30,31). The number of allylic oxidation sites excluding steroid dienone is 1. The molecule has 2 aromatic heterocycles. The van der Waals surface area contributed by atoms with Crippen LogP contribution in [-0.4, -0.2) is 31.1 Å². The second kappa shape index (κ2) is 9.99. The van der Waals surface area contributed by atoms with Crippen molar-refractivity contribution >= 4 is 22.9 Å². The molecule has 1 amide bonds. The van der Waals surface area contributed by atoms with Gasteiger partial charge in [-0.3, -0.25) is 13.9 Å². The van der Waals surface area contributed by atoms with Crippen LogP contribution in [0.15, 0.2) is 77.4 Å². The molecule has 4 aromatic rings. The third-order valence-electron chi connectivity index (χ3n) is 6.03. The van der Waals surface area contributed by atoms with E-state index in [0.717, 1.165) is 12.8 Å². The van der Waals surface area contributed by atoms with E-state index in [2.05, 4.69) is 15.3 Å². The molecule has 10 heteroatoms. The molecule has 0 saturated heterocycles. The molecule has 186 valence electrons. The third-order valence-corrected chi connectivity index (χ3v) is 6.03. The van der Waals surface area contributed by atoms with Crippen LogP contribution in [0.5, 0.6) is 11.5 Å². The Morgan fingerprint density at radius 2 is 1.89 bits per heavy atom. The lowest BCUT2D eigenvalue weighted by molar-refractivity contribution is -0.117. The number of fused-ring (bicyclic) bond motifs is 1. The van der Waals surface area contributed by atoms with Gasteiger partial charge in [-0.1, -0.05) is 24.3 Å². The van der Waals surface area contributed by atoms with Crippen LogP contribution in [0.2, 0.25) is 0 Å². The van der Waals surface area contributed by atoms with Crippen molar-refractivity contribution in [2.75, 3.05) is 5.73 Å². The maximum atomic E-state index is 13.6. The van der Waals surface area contributed by atoms with E-state index in [1.807, 2.05) is 36.4 Å². The zero-order valence-corrected chi connectivity index (χ0v) is 20.2. The highest BCUT2D eigenvalue weighted by atomic mass is 16.5. The van der Waals surface area contributed by atoms with Gasteiger partial charge < -0.3 is 15.8 Å². The summed E-state index contributed by atoms with van der Waals surface area (Å²) in [6.45, 7) is 1.89. The molecule has 2 heterocycles. The Hall–Kier alpha value is -4.91. The van der Waals surface area contributed by atoms with Crippen LogP contribution in [0, 0.1) is 17.2 Å². The number of carbonyl (C=O) groups excluding carboxylic acids is 1. The molecule has 3 N–H and O–H groups in total. The number of anilines is 1. The number of aromatic nitrogens is 4. The molecule has 1 saturated carbocycles. The summed E-state index contributed by atoms with van der Waals surface area (Å²) in [5, 5.41) is 12.2. The van der Waals surface area contributed by atoms with Crippen molar-refractivity contribution in [1.29, 1.82) is 5.26 Å². The van der Waals surface area contributed by atoms with Gasteiger partial charge in [-0.05, 0) is 62.1 Å². The van der Waals surface area contributed by atoms with Gasteiger partial charge in [0.15, 0.2) is 11.5 Å². The van der Waals surface area contributed by atoms with Gasteiger partial charge in [0.1, 0.15) is 35.0 Å². The summed E-state index contributed by atoms with van der Waals surface area (Å²) in [4.78, 5) is 34.5. The molecule has 2 aromatic carbocycles. The number of amides is 1. The highest BCUT2D eigenvalue weighted by Crippen LogP contribution is 2.31. The Kier molecular flexibility index (Phi) is 6.43. The molecule has 1 atom stereocenters. The number of hydrogen-bond acceptors (Lipinski definition) is 7. The molecule has 1 aliphatic rings. The molecule has 5 rings (SSSR count). The number of ether oxygens (including phenoxy) is 1. The SMILES string of the molecule is CC(Cn1c(=O)n(-c2ccc(Oc3ccccc3)cc2)c2c(N)ncnc21)NC(=O)C(C#N)=CC1CC1. The molecule has 10 nitrogen and oxygen atoms in total. The maximum absolute atomic E-state index is 13.6. The second-order valence-electron chi connectivity index (χ2n) is 8.97. The van der Waals surface area contributed by atoms with E-state index in [4.69, 9.17) is 10.5 Å². The molecular weight excluding hydrogens is 470 g/mol. The Bertz CT molecular complexity index is 1580. The van der Waals surface area contributed by atoms with Gasteiger partial charge in [-0.2, -0.15) is 5.26 Å². The highest BCUT2D eigenvalue weighted by Gasteiger charge is 2.24. The molecule has 37 heavy (non-hydrogen) atoms. The smallest absolute Gasteiger partial charge is 0.335 e. The van der Waals surface area contributed by atoms with Gasteiger partial charge >= 0.3 is 5.69 Å². The number of para-hydroxylation sites is 1. The summed E-state index contributed by atoms with van der Waals surface area (Å²) in [7, 11) is 0. The molecule has 0 radical (unpaired) electrons. The Balaban J connectivity index is 1.43. The van der Waals surface area contributed by atoms with E-state index in [-0.39, 0.29) is 23.6 Å². The first-order valence-electron chi connectivity index (χ1n) is 11.9. The van der Waals surface area contributed by atoms with Crippen molar-refractivity contribution in [1.82, 2.24) is 24.4 Å². The minimum absolute atomic E-state index is 0.0912. The van der Waals surface area contributed by atoms with Crippen molar-refractivity contribution in [3.05, 3.63) is 83.1 Å². The van der Waals surface area contributed by atoms with Crippen molar-refractivity contribution in [2.45, 2.75) is 32.4 Å². The molecule has 0 bridgehead atoms. The molecule has 1 fully saturated rings. The Labute approximate surface area is 212 Å². The fourth-order valence-corrected chi connectivity index (χ4v) is 4.08. The number of nitrogens with two attached hydrogens (primary N) is 1. The number of nitrogen functional groups attached to an aromatic ring is 1. The second-order valence-corrected chi connectivity index (χ2v) is 8.97. The zero-order valence-electron chi connectivity index (χ0n) is 20.2. The van der Waals surface area contributed by atoms with Gasteiger partial charge in [0.05, 0.1) is 5.69 Å². The average molecular weight is 496 g/mol. The van der Waals surface area contributed by atoms with E-state index in [1.165, 1.54) is 15.5 Å². The van der Waals surface area contributed by atoms with Crippen molar-refractivity contribution in [3.63, 3.8) is 0 Å². The summed E-state index contributed by atoms with van der Waals surface area (Å²) < 4.78 is 8.74. The van der Waals surface area contributed by atoms with E-state index >= 15 is 0 Å². The van der Waals surface area contributed by atoms with E-state index < -0.39 is 11.9 Å². The monoisotopic (exact) mass is 495 g/mol. The van der Waals surface area contributed by atoms with E-state index in [0.29, 0.717) is 34.3 Å². The van der Waals surface area contributed by atoms with Gasteiger partial charge in [0.2, 0.25) is 0 Å². The van der Waals surface area contributed by atoms with Crippen LogP contribution in [0.3, 0.4) is 0 Å². The summed E-state index contributed by atoms with van der Waals surface area (Å²) in [6, 6.07) is 17.9. The minimum Gasteiger partial charge on any atom is -0.457 e. The molecule has 0 aliphatic heterocycles. The first kappa shape index (κ1) is 23.8. The molecule has 1 aliphatic carbocycles. The van der Waals surface area contributed by atoms with E-state index in [1.54, 1.807) is 37.3 Å². The van der Waals surface area contributed by atoms with Crippen LogP contribution in [0.25, 0.3) is 16.9 Å². The maximum Gasteiger partial charge on any atom is 0.335 e. The molecule has 1 unspecified atom stereocenters. The number of hydrogen-bond donors (Lipinski definition) is 2. The first-order valence-corrected chi connectivity index (χ1v) is 11.9. The van der Waals surface area contributed by atoms with Crippen LogP contribution in [-0.2, 0) is 11.3 Å². The van der Waals surface area contributed by atoms with Crippen LogP contribution >= 0.6 is 0 Å². The van der Waals surface area contributed by atoms with Crippen LogP contribution < -0.4 is 21.5 Å². The third kappa shape index (κ3) is 5.06. The normalized spacial score (nSPS) is 14.2. The summed E-state index contributed by atoms with van der Waals surface area (Å²) >= 11 is 0.